The van der Waals surface area contributed by atoms with E-state index in [0.29, 0.717) is 47.7 Å². The summed E-state index contributed by atoms with van der Waals surface area (Å²) in [6.45, 7) is 2.56. The predicted octanol–water partition coefficient (Wildman–Crippen LogP) is 3.95. The molecule has 0 radical (unpaired) electrons. The van der Waals surface area contributed by atoms with Gasteiger partial charge in [0.25, 0.3) is 0 Å². The van der Waals surface area contributed by atoms with Gasteiger partial charge in [-0.05, 0) is 56.6 Å². The molecule has 0 atom stereocenters. The van der Waals surface area contributed by atoms with E-state index in [-0.39, 0.29) is 12.6 Å². The van der Waals surface area contributed by atoms with Gasteiger partial charge in [-0.15, -0.1) is 0 Å². The zero-order valence-electron chi connectivity index (χ0n) is 22.5. The largest absolute Gasteiger partial charge is 0.380 e. The molecule has 11 heteroatoms. The Balaban J connectivity index is 1.28. The van der Waals surface area contributed by atoms with Crippen molar-refractivity contribution < 1.29 is 9.18 Å². The summed E-state index contributed by atoms with van der Waals surface area (Å²) in [5.41, 5.74) is 4.27. The summed E-state index contributed by atoms with van der Waals surface area (Å²) in [7, 11) is 3.88. The van der Waals surface area contributed by atoms with E-state index >= 15 is 0 Å². The minimum absolute atomic E-state index is 0.216. The summed E-state index contributed by atoms with van der Waals surface area (Å²) < 4.78 is 12.4. The van der Waals surface area contributed by atoms with Gasteiger partial charge in [0, 0.05) is 73.3 Å². The van der Waals surface area contributed by atoms with Crippen molar-refractivity contribution in [3.63, 3.8) is 0 Å². The standard InChI is InChI=1S/C29H32FN9O/c1-38(2)14-3-4-26(40)35-23-10-13-31-25(16-23)28-27-20(9-12-32-28)17-33-29(37-27)36-22-7-5-21(6-8-22)34-24-18-39(19-24)15-11-30/h3-10,12-13,16-17,24,34H,11,14-15,18-19H2,1-2H3,(H,31,35,40)(H,33,36,37). The molecule has 0 saturated carbocycles. The number of rotatable bonds is 11. The van der Waals surface area contributed by atoms with E-state index in [1.807, 2.05) is 49.3 Å². The van der Waals surface area contributed by atoms with Crippen molar-refractivity contribution in [2.75, 3.05) is 62.9 Å². The number of nitrogens with zero attached hydrogens (tertiary/aromatic N) is 6. The van der Waals surface area contributed by atoms with Crippen LogP contribution in [-0.2, 0) is 4.79 Å². The van der Waals surface area contributed by atoms with Crippen LogP contribution >= 0.6 is 0 Å². The van der Waals surface area contributed by atoms with Crippen molar-refractivity contribution in [2.24, 2.45) is 0 Å². The maximum Gasteiger partial charge on any atom is 0.248 e. The molecule has 0 aliphatic carbocycles. The summed E-state index contributed by atoms with van der Waals surface area (Å²) in [5, 5.41) is 10.4. The number of anilines is 4. The first kappa shape index (κ1) is 27.1. The lowest BCUT2D eigenvalue weighted by Gasteiger charge is -2.39. The summed E-state index contributed by atoms with van der Waals surface area (Å²) in [4.78, 5) is 34.6. The molecule has 40 heavy (non-hydrogen) atoms. The summed E-state index contributed by atoms with van der Waals surface area (Å²) in [6, 6.07) is 13.6. The molecule has 5 rings (SSSR count). The van der Waals surface area contributed by atoms with Crippen LogP contribution in [0.5, 0.6) is 0 Å². The number of carbonyl (C=O) groups excluding carboxylic acids is 1. The molecule has 3 aromatic heterocycles. The van der Waals surface area contributed by atoms with Gasteiger partial charge in [0.15, 0.2) is 0 Å². The van der Waals surface area contributed by atoms with Crippen molar-refractivity contribution in [1.29, 1.82) is 0 Å². The number of nitrogens with one attached hydrogen (secondary N) is 3. The molecule has 0 unspecified atom stereocenters. The Labute approximate surface area is 232 Å². The number of hydrogen-bond acceptors (Lipinski definition) is 9. The Bertz CT molecular complexity index is 1490. The quantitative estimate of drug-likeness (QED) is 0.243. The van der Waals surface area contributed by atoms with Crippen LogP contribution in [0, 0.1) is 0 Å². The Hall–Kier alpha value is -4.48. The second-order valence-corrected chi connectivity index (χ2v) is 9.87. The highest BCUT2D eigenvalue weighted by molar-refractivity contribution is 6.00. The van der Waals surface area contributed by atoms with Crippen molar-refractivity contribution in [1.82, 2.24) is 29.7 Å². The number of hydrogen-bond donors (Lipinski definition) is 3. The zero-order chi connectivity index (χ0) is 27.9. The first-order chi connectivity index (χ1) is 19.5. The SMILES string of the molecule is CN(C)CC=CC(=O)Nc1ccnc(-c2nccc3cnc(Nc4ccc(NC5CN(CCF)C5)cc4)nc23)c1. The molecule has 1 saturated heterocycles. The van der Waals surface area contributed by atoms with Crippen molar-refractivity contribution in [3.8, 4) is 11.4 Å². The first-order valence-corrected chi connectivity index (χ1v) is 13.1. The van der Waals surface area contributed by atoms with Crippen LogP contribution < -0.4 is 16.0 Å². The molecule has 1 fully saturated rings. The van der Waals surface area contributed by atoms with Gasteiger partial charge < -0.3 is 20.9 Å². The number of amides is 1. The monoisotopic (exact) mass is 541 g/mol. The number of likely N-dealkylation sites (tertiary alicyclic amines) is 1. The molecule has 4 heterocycles. The smallest absolute Gasteiger partial charge is 0.248 e. The Morgan fingerprint density at radius 2 is 1.82 bits per heavy atom. The molecule has 4 aromatic rings. The number of alkyl halides is 1. The lowest BCUT2D eigenvalue weighted by molar-refractivity contribution is -0.111. The number of aromatic nitrogens is 4. The van der Waals surface area contributed by atoms with Crippen molar-refractivity contribution in [2.45, 2.75) is 6.04 Å². The normalized spacial score (nSPS) is 14.0. The maximum atomic E-state index is 12.4. The number of benzene rings is 1. The van der Waals surface area contributed by atoms with Gasteiger partial charge in [-0.2, -0.15) is 0 Å². The Morgan fingerprint density at radius 3 is 2.60 bits per heavy atom. The Kier molecular flexibility index (Phi) is 8.53. The third kappa shape index (κ3) is 6.93. The lowest BCUT2D eigenvalue weighted by Crippen LogP contribution is -2.55. The summed E-state index contributed by atoms with van der Waals surface area (Å²) in [6.07, 6.45) is 8.38. The molecule has 3 N–H and O–H groups in total. The second kappa shape index (κ2) is 12.6. The van der Waals surface area contributed by atoms with Crippen LogP contribution in [0.2, 0.25) is 0 Å². The average molecular weight is 542 g/mol. The van der Waals surface area contributed by atoms with Crippen LogP contribution in [-0.4, -0.2) is 88.6 Å². The Morgan fingerprint density at radius 1 is 1.05 bits per heavy atom. The van der Waals surface area contributed by atoms with Crippen LogP contribution in [0.4, 0.5) is 27.4 Å². The minimum Gasteiger partial charge on any atom is -0.380 e. The minimum atomic E-state index is -0.308. The van der Waals surface area contributed by atoms with Crippen LogP contribution in [0.1, 0.15) is 0 Å². The van der Waals surface area contributed by atoms with E-state index in [0.717, 1.165) is 29.9 Å². The highest BCUT2D eigenvalue weighted by Crippen LogP contribution is 2.27. The van der Waals surface area contributed by atoms with Crippen LogP contribution in [0.3, 0.4) is 0 Å². The van der Waals surface area contributed by atoms with Crippen LogP contribution in [0.15, 0.2) is 73.2 Å². The van der Waals surface area contributed by atoms with Gasteiger partial charge in [-0.1, -0.05) is 6.08 Å². The molecule has 1 aliphatic heterocycles. The zero-order valence-corrected chi connectivity index (χ0v) is 22.5. The highest BCUT2D eigenvalue weighted by Gasteiger charge is 2.25. The molecule has 1 aliphatic rings. The fraction of sp³-hybridized carbons (Fsp3) is 0.276. The van der Waals surface area contributed by atoms with E-state index < -0.39 is 0 Å². The molecule has 1 aromatic carbocycles. The van der Waals surface area contributed by atoms with Gasteiger partial charge in [-0.25, -0.2) is 14.4 Å². The maximum absolute atomic E-state index is 12.4. The van der Waals surface area contributed by atoms with Crippen molar-refractivity contribution in [3.05, 3.63) is 73.2 Å². The number of likely N-dealkylation sites (N-methyl/N-ethyl adjacent to an activating group) is 1. The number of halogens is 1. The number of pyridine rings is 2. The van der Waals surface area contributed by atoms with E-state index in [4.69, 9.17) is 4.98 Å². The van der Waals surface area contributed by atoms with Gasteiger partial charge in [0.05, 0.1) is 11.7 Å². The summed E-state index contributed by atoms with van der Waals surface area (Å²) in [5.74, 6) is 0.213. The fourth-order valence-corrected chi connectivity index (χ4v) is 4.37. The lowest BCUT2D eigenvalue weighted by atomic mass is 10.1. The van der Waals surface area contributed by atoms with E-state index in [2.05, 4.69) is 35.8 Å². The van der Waals surface area contributed by atoms with E-state index in [1.54, 1.807) is 36.8 Å². The molecule has 206 valence electrons. The van der Waals surface area contributed by atoms with E-state index in [1.165, 1.54) is 6.08 Å². The van der Waals surface area contributed by atoms with Gasteiger partial charge in [-0.3, -0.25) is 19.7 Å². The molecular formula is C29H32FN9O. The number of fused-ring (bicyclic) bond motifs is 1. The molecule has 0 spiro atoms. The molecule has 0 bridgehead atoms. The molecule has 10 nitrogen and oxygen atoms in total. The van der Waals surface area contributed by atoms with Gasteiger partial charge >= 0.3 is 0 Å². The third-order valence-corrected chi connectivity index (χ3v) is 6.38. The fourth-order valence-electron chi connectivity index (χ4n) is 4.37. The van der Waals surface area contributed by atoms with Gasteiger partial charge in [0.2, 0.25) is 11.9 Å². The number of carbonyl (C=O) groups is 1. The summed E-state index contributed by atoms with van der Waals surface area (Å²) >= 11 is 0. The third-order valence-electron chi connectivity index (χ3n) is 6.38. The topological polar surface area (TPSA) is 111 Å². The molecular weight excluding hydrogens is 509 g/mol. The molecule has 1 amide bonds. The first-order valence-electron chi connectivity index (χ1n) is 13.1. The average Bonchev–Trinajstić information content (AvgIpc) is 2.92. The van der Waals surface area contributed by atoms with Crippen molar-refractivity contribution >= 4 is 39.8 Å². The second-order valence-electron chi connectivity index (χ2n) is 9.87. The highest BCUT2D eigenvalue weighted by atomic mass is 19.1. The predicted molar refractivity (Wildman–Crippen MR) is 156 cm³/mol. The van der Waals surface area contributed by atoms with E-state index in [9.17, 15) is 9.18 Å². The van der Waals surface area contributed by atoms with Gasteiger partial charge in [0.1, 0.15) is 17.9 Å². The van der Waals surface area contributed by atoms with Crippen LogP contribution in [0.25, 0.3) is 22.3 Å².